The standard InChI is InChI=1S/C25H25FN4O2S/c1-25(2,3)30-23(16-5-7-17(26)8-6-16)21(14-27-30)24-29-19(15-33-24)13-22(31)28-18-9-11-20(32-4)12-10-18/h5-12,14-15H,13H2,1-4H3,(H,28,31). The van der Waals surface area contributed by atoms with E-state index in [1.807, 2.05) is 10.1 Å². The van der Waals surface area contributed by atoms with E-state index >= 15 is 0 Å². The monoisotopic (exact) mass is 464 g/mol. The van der Waals surface area contributed by atoms with Gasteiger partial charge in [0.1, 0.15) is 16.6 Å². The predicted octanol–water partition coefficient (Wildman–Crippen LogP) is 5.76. The summed E-state index contributed by atoms with van der Waals surface area (Å²) in [6.07, 6.45) is 1.94. The third-order valence-corrected chi connectivity index (χ3v) is 5.94. The average molecular weight is 465 g/mol. The van der Waals surface area contributed by atoms with Crippen LogP contribution < -0.4 is 10.1 Å². The summed E-state index contributed by atoms with van der Waals surface area (Å²) in [6, 6.07) is 13.5. The fourth-order valence-corrected chi connectivity index (χ4v) is 4.29. The normalized spacial score (nSPS) is 11.4. The van der Waals surface area contributed by atoms with E-state index < -0.39 is 0 Å². The maximum atomic E-state index is 13.5. The van der Waals surface area contributed by atoms with Gasteiger partial charge in [0.25, 0.3) is 0 Å². The van der Waals surface area contributed by atoms with Crippen molar-refractivity contribution in [1.29, 1.82) is 0 Å². The van der Waals surface area contributed by atoms with E-state index in [0.29, 0.717) is 11.4 Å². The molecule has 1 amide bonds. The molecule has 2 aromatic carbocycles. The Morgan fingerprint density at radius 2 is 1.82 bits per heavy atom. The highest BCUT2D eigenvalue weighted by Gasteiger charge is 2.24. The molecule has 0 fully saturated rings. The first kappa shape index (κ1) is 22.7. The third kappa shape index (κ3) is 5.12. The number of anilines is 1. The van der Waals surface area contributed by atoms with Crippen LogP contribution in [0.15, 0.2) is 60.1 Å². The molecule has 0 aliphatic rings. The topological polar surface area (TPSA) is 69.0 Å². The first-order valence-electron chi connectivity index (χ1n) is 10.5. The van der Waals surface area contributed by atoms with E-state index in [1.54, 1.807) is 49.7 Å². The van der Waals surface area contributed by atoms with Crippen molar-refractivity contribution in [3.05, 3.63) is 71.6 Å². The smallest absolute Gasteiger partial charge is 0.230 e. The Morgan fingerprint density at radius 3 is 2.45 bits per heavy atom. The molecule has 170 valence electrons. The van der Waals surface area contributed by atoms with E-state index in [1.165, 1.54) is 23.5 Å². The number of rotatable bonds is 6. The van der Waals surface area contributed by atoms with Crippen molar-refractivity contribution in [2.24, 2.45) is 0 Å². The second-order valence-corrected chi connectivity index (χ2v) is 9.45. The van der Waals surface area contributed by atoms with Crippen LogP contribution in [0, 0.1) is 5.82 Å². The molecule has 2 aromatic heterocycles. The lowest BCUT2D eigenvalue weighted by atomic mass is 10.0. The zero-order chi connectivity index (χ0) is 23.6. The summed E-state index contributed by atoms with van der Waals surface area (Å²) in [4.78, 5) is 17.2. The highest BCUT2D eigenvalue weighted by molar-refractivity contribution is 7.13. The van der Waals surface area contributed by atoms with Gasteiger partial charge in [-0.15, -0.1) is 11.3 Å². The van der Waals surface area contributed by atoms with Crippen molar-refractivity contribution in [3.8, 4) is 27.6 Å². The second kappa shape index (κ2) is 9.15. The van der Waals surface area contributed by atoms with E-state index in [4.69, 9.17) is 9.72 Å². The molecule has 0 aliphatic carbocycles. The van der Waals surface area contributed by atoms with Gasteiger partial charge in [-0.25, -0.2) is 9.37 Å². The molecule has 8 heteroatoms. The third-order valence-electron chi connectivity index (χ3n) is 5.02. The van der Waals surface area contributed by atoms with Gasteiger partial charge in [-0.05, 0) is 69.3 Å². The van der Waals surface area contributed by atoms with Crippen LogP contribution in [0.25, 0.3) is 21.8 Å². The highest BCUT2D eigenvalue weighted by atomic mass is 32.1. The molecule has 0 saturated heterocycles. The molecule has 0 atom stereocenters. The number of hydrogen-bond acceptors (Lipinski definition) is 5. The van der Waals surface area contributed by atoms with Crippen LogP contribution >= 0.6 is 11.3 Å². The Bertz CT molecular complexity index is 1260. The first-order valence-corrected chi connectivity index (χ1v) is 11.4. The number of ether oxygens (including phenoxy) is 1. The highest BCUT2D eigenvalue weighted by Crippen LogP contribution is 2.36. The van der Waals surface area contributed by atoms with E-state index in [0.717, 1.165) is 27.6 Å². The number of amides is 1. The molecule has 0 aliphatic heterocycles. The van der Waals surface area contributed by atoms with Gasteiger partial charge in [-0.3, -0.25) is 9.48 Å². The van der Waals surface area contributed by atoms with Crippen molar-refractivity contribution in [2.45, 2.75) is 32.7 Å². The van der Waals surface area contributed by atoms with Crippen molar-refractivity contribution in [2.75, 3.05) is 12.4 Å². The maximum Gasteiger partial charge on any atom is 0.230 e. The van der Waals surface area contributed by atoms with Crippen LogP contribution in [-0.4, -0.2) is 27.8 Å². The summed E-state index contributed by atoms with van der Waals surface area (Å²) in [5, 5.41) is 10.1. The number of benzene rings is 2. The molecule has 0 radical (unpaired) electrons. The number of carbonyl (C=O) groups excluding carboxylic acids is 1. The van der Waals surface area contributed by atoms with Crippen LogP contribution in [0.3, 0.4) is 0 Å². The molecule has 0 unspecified atom stereocenters. The SMILES string of the molecule is COc1ccc(NC(=O)Cc2csc(-c3cnn(C(C)(C)C)c3-c3ccc(F)cc3)n2)cc1. The zero-order valence-corrected chi connectivity index (χ0v) is 19.7. The summed E-state index contributed by atoms with van der Waals surface area (Å²) >= 11 is 1.46. The molecule has 2 heterocycles. The largest absolute Gasteiger partial charge is 0.497 e. The van der Waals surface area contributed by atoms with Gasteiger partial charge in [0.05, 0.1) is 42.2 Å². The summed E-state index contributed by atoms with van der Waals surface area (Å²) in [5.74, 6) is 0.285. The molecule has 0 spiro atoms. The Hall–Kier alpha value is -3.52. The molecule has 6 nitrogen and oxygen atoms in total. The van der Waals surface area contributed by atoms with Gasteiger partial charge in [0.2, 0.25) is 5.91 Å². The van der Waals surface area contributed by atoms with Gasteiger partial charge in [0, 0.05) is 16.6 Å². The Morgan fingerprint density at radius 1 is 1.12 bits per heavy atom. The first-order chi connectivity index (χ1) is 15.7. The number of thiazole rings is 1. The minimum atomic E-state index is -0.290. The lowest BCUT2D eigenvalue weighted by molar-refractivity contribution is -0.115. The summed E-state index contributed by atoms with van der Waals surface area (Å²) in [5.41, 5.74) is 3.67. The van der Waals surface area contributed by atoms with Crippen LogP contribution in [0.4, 0.5) is 10.1 Å². The van der Waals surface area contributed by atoms with Gasteiger partial charge < -0.3 is 10.1 Å². The number of carbonyl (C=O) groups is 1. The van der Waals surface area contributed by atoms with Gasteiger partial charge in [-0.1, -0.05) is 0 Å². The molecule has 0 saturated carbocycles. The molecule has 4 aromatic rings. The predicted molar refractivity (Wildman–Crippen MR) is 129 cm³/mol. The molecule has 0 bridgehead atoms. The van der Waals surface area contributed by atoms with Crippen LogP contribution in [0.2, 0.25) is 0 Å². The zero-order valence-electron chi connectivity index (χ0n) is 18.9. The van der Waals surface area contributed by atoms with E-state index in [9.17, 15) is 9.18 Å². The van der Waals surface area contributed by atoms with Crippen LogP contribution in [-0.2, 0) is 16.8 Å². The van der Waals surface area contributed by atoms with Crippen molar-refractivity contribution in [3.63, 3.8) is 0 Å². The van der Waals surface area contributed by atoms with Crippen molar-refractivity contribution in [1.82, 2.24) is 14.8 Å². The second-order valence-electron chi connectivity index (χ2n) is 8.59. The number of methoxy groups -OCH3 is 1. The van der Waals surface area contributed by atoms with Gasteiger partial charge >= 0.3 is 0 Å². The van der Waals surface area contributed by atoms with Crippen LogP contribution in [0.5, 0.6) is 5.75 Å². The number of halogens is 1. The molecule has 1 N–H and O–H groups in total. The molecule has 4 rings (SSSR count). The molecular weight excluding hydrogens is 439 g/mol. The van der Waals surface area contributed by atoms with E-state index in [2.05, 4.69) is 31.2 Å². The Kier molecular flexibility index (Phi) is 6.29. The summed E-state index contributed by atoms with van der Waals surface area (Å²) < 4.78 is 20.6. The Labute approximate surface area is 196 Å². The maximum absolute atomic E-state index is 13.5. The quantitative estimate of drug-likeness (QED) is 0.394. The fourth-order valence-electron chi connectivity index (χ4n) is 3.46. The summed E-state index contributed by atoms with van der Waals surface area (Å²) in [7, 11) is 1.60. The lowest BCUT2D eigenvalue weighted by Crippen LogP contribution is -2.24. The number of aromatic nitrogens is 3. The number of nitrogens with one attached hydrogen (secondary N) is 1. The van der Waals surface area contributed by atoms with Crippen molar-refractivity contribution >= 4 is 22.9 Å². The average Bonchev–Trinajstić information content (AvgIpc) is 3.41. The number of hydrogen-bond donors (Lipinski definition) is 1. The molecular formula is C25H25FN4O2S. The van der Waals surface area contributed by atoms with Crippen molar-refractivity contribution < 1.29 is 13.9 Å². The van der Waals surface area contributed by atoms with E-state index in [-0.39, 0.29) is 23.7 Å². The van der Waals surface area contributed by atoms with Gasteiger partial charge in [-0.2, -0.15) is 5.10 Å². The fraction of sp³-hybridized carbons (Fsp3) is 0.240. The Balaban J connectivity index is 1.58. The molecule has 33 heavy (non-hydrogen) atoms. The number of nitrogens with zero attached hydrogens (tertiary/aromatic N) is 3. The lowest BCUT2D eigenvalue weighted by Gasteiger charge is -2.23. The summed E-state index contributed by atoms with van der Waals surface area (Å²) in [6.45, 7) is 6.19. The minimum absolute atomic E-state index is 0.152. The minimum Gasteiger partial charge on any atom is -0.497 e. The van der Waals surface area contributed by atoms with Gasteiger partial charge in [0.15, 0.2) is 0 Å². The van der Waals surface area contributed by atoms with Crippen LogP contribution in [0.1, 0.15) is 26.5 Å².